The first-order valence-electron chi connectivity index (χ1n) is 9.02. The molecular formula is C20H24N4O2. The number of hydrogen-bond donors (Lipinski definition) is 1. The zero-order valence-corrected chi connectivity index (χ0v) is 15.5. The molecule has 26 heavy (non-hydrogen) atoms. The van der Waals surface area contributed by atoms with E-state index in [-0.39, 0.29) is 11.7 Å². The van der Waals surface area contributed by atoms with E-state index in [1.807, 2.05) is 31.2 Å². The van der Waals surface area contributed by atoms with Crippen LogP contribution in [0.15, 0.2) is 35.3 Å². The zero-order valence-electron chi connectivity index (χ0n) is 15.5. The van der Waals surface area contributed by atoms with E-state index in [2.05, 4.69) is 22.0 Å². The highest BCUT2D eigenvalue weighted by atomic mass is 16.1. The highest BCUT2D eigenvalue weighted by molar-refractivity contribution is 5.85. The summed E-state index contributed by atoms with van der Waals surface area (Å²) in [6, 6.07) is 8.08. The Morgan fingerprint density at radius 3 is 2.62 bits per heavy atom. The molecule has 1 N–H and O–H groups in total. The maximum Gasteiger partial charge on any atom is 0.370 e. The van der Waals surface area contributed by atoms with Crippen LogP contribution < -0.4 is 5.69 Å². The summed E-state index contributed by atoms with van der Waals surface area (Å²) in [6.45, 7) is 5.72. The van der Waals surface area contributed by atoms with Crippen molar-refractivity contribution in [1.29, 1.82) is 0 Å². The lowest BCUT2D eigenvalue weighted by Crippen LogP contribution is -2.21. The number of ketones is 1. The van der Waals surface area contributed by atoms with Crippen molar-refractivity contribution in [3.05, 3.63) is 63.5 Å². The third-order valence-electron chi connectivity index (χ3n) is 4.67. The Morgan fingerprint density at radius 1 is 1.23 bits per heavy atom. The summed E-state index contributed by atoms with van der Waals surface area (Å²) >= 11 is 0. The number of nitrogens with one attached hydrogen (secondary N) is 1. The fraction of sp³-hybridized carbons (Fsp3) is 0.400. The van der Waals surface area contributed by atoms with E-state index >= 15 is 0 Å². The summed E-state index contributed by atoms with van der Waals surface area (Å²) in [4.78, 5) is 33.2. The lowest BCUT2D eigenvalue weighted by Gasteiger charge is -2.11. The molecule has 3 aromatic rings. The number of aromatic nitrogens is 4. The van der Waals surface area contributed by atoms with Crippen LogP contribution in [0, 0.1) is 6.92 Å². The normalized spacial score (nSPS) is 12.4. The van der Waals surface area contributed by atoms with Gasteiger partial charge in [0.15, 0.2) is 5.65 Å². The molecule has 0 spiro atoms. The van der Waals surface area contributed by atoms with Crippen molar-refractivity contribution in [1.82, 2.24) is 19.6 Å². The van der Waals surface area contributed by atoms with Crippen molar-refractivity contribution < 1.29 is 4.79 Å². The third kappa shape index (κ3) is 3.74. The largest absolute Gasteiger partial charge is 0.370 e. The number of benzene rings is 1. The van der Waals surface area contributed by atoms with Crippen molar-refractivity contribution in [2.75, 3.05) is 0 Å². The summed E-state index contributed by atoms with van der Waals surface area (Å²) < 4.78 is 1.32. The molecule has 0 aliphatic rings. The summed E-state index contributed by atoms with van der Waals surface area (Å²) in [7, 11) is 0. The van der Waals surface area contributed by atoms with E-state index in [0.717, 1.165) is 30.4 Å². The van der Waals surface area contributed by atoms with Gasteiger partial charge in [-0.3, -0.25) is 9.89 Å². The van der Waals surface area contributed by atoms with Gasteiger partial charge < -0.3 is 0 Å². The topological polar surface area (TPSA) is 80.1 Å². The summed E-state index contributed by atoms with van der Waals surface area (Å²) in [5.41, 5.74) is 3.10. The van der Waals surface area contributed by atoms with Crippen molar-refractivity contribution in [2.45, 2.75) is 52.4 Å². The molecular weight excluding hydrogens is 328 g/mol. The Bertz CT molecular complexity index is 970. The minimum Gasteiger partial charge on any atom is -0.299 e. The Hall–Kier alpha value is -2.76. The molecule has 2 heterocycles. The predicted molar refractivity (Wildman–Crippen MR) is 101 cm³/mol. The molecule has 0 aliphatic carbocycles. The van der Waals surface area contributed by atoms with Gasteiger partial charge in [0.05, 0.1) is 0 Å². The highest BCUT2D eigenvalue weighted by Gasteiger charge is 2.22. The molecule has 0 fully saturated rings. The zero-order chi connectivity index (χ0) is 18.7. The second-order valence-electron chi connectivity index (χ2n) is 6.78. The van der Waals surface area contributed by atoms with Crippen LogP contribution in [-0.4, -0.2) is 25.4 Å². The minimum absolute atomic E-state index is 0.0890. The van der Waals surface area contributed by atoms with Crippen molar-refractivity contribution in [3.63, 3.8) is 0 Å². The van der Waals surface area contributed by atoms with Gasteiger partial charge in [-0.25, -0.2) is 9.78 Å². The number of aromatic amines is 1. The number of Topliss-reactive ketones (excluding diaryl/α,β-unsaturated/α-hetero) is 1. The van der Waals surface area contributed by atoms with E-state index in [4.69, 9.17) is 0 Å². The first kappa shape index (κ1) is 18.0. The molecule has 3 rings (SSSR count). The number of aryl methyl sites for hydroxylation is 1. The number of unbranched alkanes of at least 4 members (excludes halogenated alkanes) is 1. The molecule has 1 atom stereocenters. The highest BCUT2D eigenvalue weighted by Crippen LogP contribution is 2.25. The SMILES string of the molecule is CCCCC(C(C)=O)c1c[nH]n2c(=O)nc(Cc3ccc(C)cc3)nc12. The maximum atomic E-state index is 12.4. The summed E-state index contributed by atoms with van der Waals surface area (Å²) in [5, 5.41) is 2.89. The van der Waals surface area contributed by atoms with Gasteiger partial charge in [-0.1, -0.05) is 49.6 Å². The second kappa shape index (κ2) is 7.64. The standard InChI is InChI=1S/C20H24N4O2/c1-4-5-6-16(14(3)25)17-12-21-24-19(17)22-18(23-20(24)26)11-15-9-7-13(2)8-10-15/h7-10,12,16,21H,4-6,11H2,1-3H3. The van der Waals surface area contributed by atoms with Gasteiger partial charge in [0.1, 0.15) is 11.6 Å². The van der Waals surface area contributed by atoms with Crippen LogP contribution in [0.4, 0.5) is 0 Å². The summed E-state index contributed by atoms with van der Waals surface area (Å²) in [5.74, 6) is 0.307. The number of carbonyl (C=O) groups is 1. The molecule has 6 heteroatoms. The van der Waals surface area contributed by atoms with Gasteiger partial charge >= 0.3 is 5.69 Å². The van der Waals surface area contributed by atoms with E-state index in [0.29, 0.717) is 17.9 Å². The average Bonchev–Trinajstić information content (AvgIpc) is 3.01. The van der Waals surface area contributed by atoms with Crippen LogP contribution in [0.25, 0.3) is 5.65 Å². The monoisotopic (exact) mass is 352 g/mol. The van der Waals surface area contributed by atoms with E-state index in [1.54, 1.807) is 13.1 Å². The van der Waals surface area contributed by atoms with Gasteiger partial charge in [0.2, 0.25) is 0 Å². The van der Waals surface area contributed by atoms with Crippen LogP contribution in [0.5, 0.6) is 0 Å². The van der Waals surface area contributed by atoms with Crippen LogP contribution in [-0.2, 0) is 11.2 Å². The van der Waals surface area contributed by atoms with Crippen LogP contribution >= 0.6 is 0 Å². The number of rotatable bonds is 7. The first-order valence-corrected chi connectivity index (χ1v) is 9.02. The quantitative estimate of drug-likeness (QED) is 0.708. The van der Waals surface area contributed by atoms with E-state index < -0.39 is 5.69 Å². The number of fused-ring (bicyclic) bond motifs is 1. The number of H-pyrrole nitrogens is 1. The molecule has 0 amide bonds. The molecule has 0 radical (unpaired) electrons. The molecule has 0 bridgehead atoms. The molecule has 6 nitrogen and oxygen atoms in total. The molecule has 0 saturated heterocycles. The van der Waals surface area contributed by atoms with E-state index in [9.17, 15) is 9.59 Å². The second-order valence-corrected chi connectivity index (χ2v) is 6.78. The Labute approximate surface area is 152 Å². The number of hydrogen-bond acceptors (Lipinski definition) is 4. The predicted octanol–water partition coefficient (Wildman–Crippen LogP) is 3.18. The Balaban J connectivity index is 2.01. The average molecular weight is 352 g/mol. The smallest absolute Gasteiger partial charge is 0.299 e. The van der Waals surface area contributed by atoms with Gasteiger partial charge in [-0.05, 0) is 25.8 Å². The van der Waals surface area contributed by atoms with Crippen molar-refractivity contribution in [2.24, 2.45) is 0 Å². The van der Waals surface area contributed by atoms with Crippen LogP contribution in [0.2, 0.25) is 0 Å². The molecule has 136 valence electrons. The fourth-order valence-corrected chi connectivity index (χ4v) is 3.17. The van der Waals surface area contributed by atoms with Gasteiger partial charge in [0.25, 0.3) is 0 Å². The van der Waals surface area contributed by atoms with Crippen LogP contribution in [0.3, 0.4) is 0 Å². The molecule has 0 saturated carbocycles. The van der Waals surface area contributed by atoms with Gasteiger partial charge in [-0.15, -0.1) is 0 Å². The van der Waals surface area contributed by atoms with Gasteiger partial charge in [0, 0.05) is 24.1 Å². The Morgan fingerprint density at radius 2 is 1.96 bits per heavy atom. The molecule has 0 aliphatic heterocycles. The molecule has 1 unspecified atom stereocenters. The molecule has 1 aromatic carbocycles. The number of carbonyl (C=O) groups excluding carboxylic acids is 1. The van der Waals surface area contributed by atoms with Crippen LogP contribution in [0.1, 0.15) is 61.5 Å². The summed E-state index contributed by atoms with van der Waals surface area (Å²) in [6.07, 6.45) is 4.91. The first-order chi connectivity index (χ1) is 12.5. The fourth-order valence-electron chi connectivity index (χ4n) is 3.17. The Kier molecular flexibility index (Phi) is 5.30. The minimum atomic E-state index is -0.402. The van der Waals surface area contributed by atoms with Crippen molar-refractivity contribution >= 4 is 11.4 Å². The van der Waals surface area contributed by atoms with Crippen molar-refractivity contribution in [3.8, 4) is 0 Å². The molecule has 2 aromatic heterocycles. The lowest BCUT2D eigenvalue weighted by molar-refractivity contribution is -0.118. The number of nitrogens with zero attached hydrogens (tertiary/aromatic N) is 3. The van der Waals surface area contributed by atoms with E-state index in [1.165, 1.54) is 10.1 Å². The van der Waals surface area contributed by atoms with Gasteiger partial charge in [-0.2, -0.15) is 9.50 Å². The third-order valence-corrected chi connectivity index (χ3v) is 4.67. The lowest BCUT2D eigenvalue weighted by atomic mass is 9.92. The maximum absolute atomic E-state index is 12.4.